The van der Waals surface area contributed by atoms with Crippen LogP contribution in [0.1, 0.15) is 12.0 Å². The van der Waals surface area contributed by atoms with Gasteiger partial charge in [-0.05, 0) is 12.3 Å². The van der Waals surface area contributed by atoms with E-state index in [2.05, 4.69) is 4.74 Å². The minimum absolute atomic E-state index is 0.0382. The lowest BCUT2D eigenvalue weighted by molar-refractivity contribution is -0.155. The number of hydrogen-bond acceptors (Lipinski definition) is 4. The molecule has 0 aromatic heterocycles. The summed E-state index contributed by atoms with van der Waals surface area (Å²) in [6.07, 6.45) is 8.43. The van der Waals surface area contributed by atoms with Crippen molar-refractivity contribution in [2.45, 2.75) is 11.8 Å². The largest absolute Gasteiger partial charge is 0.392 e. The third-order valence-electron chi connectivity index (χ3n) is 5.47. The van der Waals surface area contributed by atoms with Crippen LogP contribution in [0.4, 0.5) is 17.6 Å². The predicted octanol–water partition coefficient (Wildman–Crippen LogP) is 2.63. The second-order valence-corrected chi connectivity index (χ2v) is 7.08. The van der Waals surface area contributed by atoms with Crippen molar-refractivity contribution in [1.29, 1.82) is 0 Å². The Bertz CT molecular complexity index is 897. The second kappa shape index (κ2) is 6.30. The molecule has 1 aliphatic carbocycles. The Hall–Kier alpha value is -2.48. The zero-order valence-electron chi connectivity index (χ0n) is 14.1. The van der Waals surface area contributed by atoms with Crippen LogP contribution in [0.3, 0.4) is 0 Å². The lowest BCUT2D eigenvalue weighted by Crippen LogP contribution is -2.42. The third kappa shape index (κ3) is 2.62. The molecule has 2 fully saturated rings. The number of benzene rings is 1. The quantitative estimate of drug-likeness (QED) is 0.266. The summed E-state index contributed by atoms with van der Waals surface area (Å²) in [5.41, 5.74) is -2.96. The van der Waals surface area contributed by atoms with E-state index in [9.17, 15) is 27.2 Å². The Balaban J connectivity index is 1.75. The van der Waals surface area contributed by atoms with Crippen LogP contribution < -0.4 is 0 Å². The van der Waals surface area contributed by atoms with Crippen molar-refractivity contribution in [3.8, 4) is 0 Å². The number of carbonyl (C=O) groups excluding carboxylic acids is 2. The van der Waals surface area contributed by atoms with Crippen molar-refractivity contribution in [1.82, 2.24) is 4.90 Å². The maximum Gasteiger partial charge on any atom is 0.326 e. The molecule has 2 heterocycles. The van der Waals surface area contributed by atoms with Gasteiger partial charge in [0.1, 0.15) is 11.2 Å². The van der Waals surface area contributed by atoms with Crippen molar-refractivity contribution in [2.75, 3.05) is 19.6 Å². The van der Waals surface area contributed by atoms with Crippen molar-refractivity contribution in [2.24, 2.45) is 11.8 Å². The zero-order chi connectivity index (χ0) is 19.3. The lowest BCUT2D eigenvalue weighted by Gasteiger charge is -2.27. The van der Waals surface area contributed by atoms with E-state index in [1.54, 1.807) is 4.90 Å². The molecule has 4 nitrogen and oxygen atoms in total. The summed E-state index contributed by atoms with van der Waals surface area (Å²) in [7, 11) is 0. The molecular formula is C19H15F4NO3. The van der Waals surface area contributed by atoms with Gasteiger partial charge in [-0.1, -0.05) is 24.3 Å². The van der Waals surface area contributed by atoms with Gasteiger partial charge in [-0.3, -0.25) is 9.59 Å². The number of hydrogen-bond donors (Lipinski definition) is 0. The molecule has 0 N–H and O–H groups in total. The first-order valence-corrected chi connectivity index (χ1v) is 8.50. The van der Waals surface area contributed by atoms with Gasteiger partial charge in [0, 0.05) is 31.3 Å². The fourth-order valence-electron chi connectivity index (χ4n) is 4.25. The van der Waals surface area contributed by atoms with Crippen LogP contribution in [0.2, 0.25) is 0 Å². The Morgan fingerprint density at radius 2 is 1.89 bits per heavy atom. The molecule has 142 valence electrons. The monoisotopic (exact) mass is 381 g/mol. The summed E-state index contributed by atoms with van der Waals surface area (Å²) in [5.74, 6) is -9.91. The Kier molecular flexibility index (Phi) is 4.18. The van der Waals surface area contributed by atoms with Gasteiger partial charge >= 0.3 is 11.9 Å². The highest BCUT2D eigenvalue weighted by Gasteiger charge is 2.65. The number of halogens is 4. The molecule has 3 atom stereocenters. The van der Waals surface area contributed by atoms with Crippen LogP contribution in [0.5, 0.6) is 0 Å². The summed E-state index contributed by atoms with van der Waals surface area (Å²) >= 11 is 0. The standard InChI is InChI=1S/C19H15F4NO3/c20-12-6-13(21)15(22)16(23)14(12)19-9-24(7-10-4-2-1-3-5-10)8-11(19)17(25)27-18(19)26/h1-4,6,10-11H,5,7-9H2. The van der Waals surface area contributed by atoms with Crippen LogP contribution in [0.15, 0.2) is 30.4 Å². The number of esters is 2. The van der Waals surface area contributed by atoms with E-state index in [4.69, 9.17) is 0 Å². The van der Waals surface area contributed by atoms with Crippen LogP contribution in [-0.4, -0.2) is 36.5 Å². The second-order valence-electron chi connectivity index (χ2n) is 7.08. The molecule has 2 saturated heterocycles. The molecule has 0 radical (unpaired) electrons. The number of rotatable bonds is 3. The molecule has 27 heavy (non-hydrogen) atoms. The Morgan fingerprint density at radius 1 is 1.11 bits per heavy atom. The van der Waals surface area contributed by atoms with Crippen molar-refractivity contribution in [3.63, 3.8) is 0 Å². The van der Waals surface area contributed by atoms with E-state index >= 15 is 0 Å². The molecule has 0 spiro atoms. The molecule has 2 aliphatic heterocycles. The SMILES string of the molecule is O=C1OC(=O)C2(c3c(F)cc(F)c(F)c3F)CN(CC3C=CC=CC3)CC12. The normalized spacial score (nSPS) is 30.1. The summed E-state index contributed by atoms with van der Waals surface area (Å²) in [6, 6.07) is 0.187. The molecule has 8 heteroatoms. The predicted molar refractivity (Wildman–Crippen MR) is 85.4 cm³/mol. The van der Waals surface area contributed by atoms with Gasteiger partial charge in [0.2, 0.25) is 0 Å². The van der Waals surface area contributed by atoms with Gasteiger partial charge in [-0.2, -0.15) is 0 Å². The van der Waals surface area contributed by atoms with Gasteiger partial charge < -0.3 is 9.64 Å². The highest BCUT2D eigenvalue weighted by molar-refractivity contribution is 6.04. The number of likely N-dealkylation sites (tertiary alicyclic amines) is 1. The van der Waals surface area contributed by atoms with Gasteiger partial charge in [0.15, 0.2) is 17.5 Å². The van der Waals surface area contributed by atoms with Crippen molar-refractivity contribution >= 4 is 11.9 Å². The van der Waals surface area contributed by atoms with E-state index in [0.29, 0.717) is 6.54 Å². The van der Waals surface area contributed by atoms with E-state index in [1.165, 1.54) is 0 Å². The summed E-state index contributed by atoms with van der Waals surface area (Å²) in [4.78, 5) is 26.4. The van der Waals surface area contributed by atoms with Crippen LogP contribution in [-0.2, 0) is 19.7 Å². The average Bonchev–Trinajstić information content (AvgIpc) is 3.10. The van der Waals surface area contributed by atoms with E-state index in [0.717, 1.165) is 6.42 Å². The first-order valence-electron chi connectivity index (χ1n) is 8.50. The molecule has 4 rings (SSSR count). The molecule has 1 aromatic rings. The first-order chi connectivity index (χ1) is 12.8. The van der Waals surface area contributed by atoms with Crippen molar-refractivity contribution in [3.05, 3.63) is 59.2 Å². The first kappa shape index (κ1) is 17.9. The maximum absolute atomic E-state index is 14.5. The molecule has 0 amide bonds. The van der Waals surface area contributed by atoms with Gasteiger partial charge in [0.05, 0.1) is 5.92 Å². The third-order valence-corrected chi connectivity index (χ3v) is 5.47. The van der Waals surface area contributed by atoms with Crippen LogP contribution in [0, 0.1) is 35.1 Å². The number of ether oxygens (including phenoxy) is 1. The Labute approximate surface area is 152 Å². The smallest absolute Gasteiger partial charge is 0.326 e. The van der Waals surface area contributed by atoms with Gasteiger partial charge in [-0.15, -0.1) is 0 Å². The number of nitrogens with zero attached hydrogens (tertiary/aromatic N) is 1. The zero-order valence-corrected chi connectivity index (χ0v) is 14.1. The maximum atomic E-state index is 14.5. The van der Waals surface area contributed by atoms with E-state index < -0.39 is 52.1 Å². The van der Waals surface area contributed by atoms with Gasteiger partial charge in [-0.25, -0.2) is 17.6 Å². The fourth-order valence-corrected chi connectivity index (χ4v) is 4.25. The topological polar surface area (TPSA) is 46.6 Å². The molecule has 1 aromatic carbocycles. The highest BCUT2D eigenvalue weighted by atomic mass is 19.2. The fraction of sp³-hybridized carbons (Fsp3) is 0.368. The molecule has 3 unspecified atom stereocenters. The number of cyclic esters (lactones) is 2. The van der Waals surface area contributed by atoms with Crippen LogP contribution in [0.25, 0.3) is 0 Å². The molecular weight excluding hydrogens is 366 g/mol. The number of carbonyl (C=O) groups is 2. The number of allylic oxidation sites excluding steroid dienone is 3. The molecule has 0 bridgehead atoms. The lowest BCUT2D eigenvalue weighted by atomic mass is 9.73. The average molecular weight is 381 g/mol. The summed E-state index contributed by atoms with van der Waals surface area (Å²) < 4.78 is 60.7. The minimum Gasteiger partial charge on any atom is -0.392 e. The number of fused-ring (bicyclic) bond motifs is 1. The van der Waals surface area contributed by atoms with Crippen molar-refractivity contribution < 1.29 is 31.9 Å². The Morgan fingerprint density at radius 3 is 2.59 bits per heavy atom. The highest BCUT2D eigenvalue weighted by Crippen LogP contribution is 2.48. The summed E-state index contributed by atoms with van der Waals surface area (Å²) in [6.45, 7) is 0.276. The summed E-state index contributed by atoms with van der Waals surface area (Å²) in [5, 5.41) is 0. The molecule has 3 aliphatic rings. The van der Waals surface area contributed by atoms with Gasteiger partial charge in [0.25, 0.3) is 0 Å². The van der Waals surface area contributed by atoms with Crippen LogP contribution >= 0.6 is 0 Å². The van der Waals surface area contributed by atoms with E-state index in [1.807, 2.05) is 24.3 Å². The molecule has 0 saturated carbocycles. The minimum atomic E-state index is -2.02. The van der Waals surface area contributed by atoms with E-state index in [-0.39, 0.29) is 25.1 Å².